The van der Waals surface area contributed by atoms with Crippen LogP contribution in [0, 0.1) is 0 Å². The smallest absolute Gasteiger partial charge is 0.233 e. The Balaban J connectivity index is 1.58. The van der Waals surface area contributed by atoms with Gasteiger partial charge in [0, 0.05) is 17.8 Å². The lowest BCUT2D eigenvalue weighted by Crippen LogP contribution is -2.17. The highest BCUT2D eigenvalue weighted by atomic mass is 35.5. The summed E-state index contributed by atoms with van der Waals surface area (Å²) < 4.78 is 31.8. The lowest BCUT2D eigenvalue weighted by atomic mass is 10.2. The van der Waals surface area contributed by atoms with Crippen LogP contribution in [0.2, 0.25) is 10.0 Å². The predicted octanol–water partition coefficient (Wildman–Crippen LogP) is 4.82. The molecule has 0 spiro atoms. The van der Waals surface area contributed by atoms with Crippen molar-refractivity contribution >= 4 is 80.2 Å². The van der Waals surface area contributed by atoms with Crippen molar-refractivity contribution in [2.75, 3.05) is 14.8 Å². The van der Waals surface area contributed by atoms with Crippen LogP contribution in [0.4, 0.5) is 17.1 Å². The molecule has 2 aromatic carbocycles. The SMILES string of the molecule is O=C1Cc2cc([S+]([O-])Nc3cc(Cl)c(Cl)cc3N[S+]([O-])c3cccs3)ccc2N1. The number of rotatable bonds is 6. The van der Waals surface area contributed by atoms with E-state index in [0.29, 0.717) is 20.5 Å². The lowest BCUT2D eigenvalue weighted by Gasteiger charge is -2.17. The molecule has 1 aliphatic heterocycles. The molecule has 2 atom stereocenters. The Morgan fingerprint density at radius 1 is 1.00 bits per heavy atom. The van der Waals surface area contributed by atoms with E-state index < -0.39 is 22.7 Å². The molecule has 2 unspecified atom stereocenters. The summed E-state index contributed by atoms with van der Waals surface area (Å²) in [5, 5.41) is 5.10. The van der Waals surface area contributed by atoms with Crippen LogP contribution in [0.15, 0.2) is 56.9 Å². The second-order valence-corrected chi connectivity index (χ2v) is 10.4. The van der Waals surface area contributed by atoms with Gasteiger partial charge in [-0.2, -0.15) is 0 Å². The highest BCUT2D eigenvalue weighted by molar-refractivity contribution is 7.94. The number of amides is 1. The van der Waals surface area contributed by atoms with Gasteiger partial charge in [0.1, 0.15) is 34.1 Å². The van der Waals surface area contributed by atoms with Crippen molar-refractivity contribution in [1.29, 1.82) is 0 Å². The molecule has 1 aromatic heterocycles. The highest BCUT2D eigenvalue weighted by Crippen LogP contribution is 2.36. The standard InChI is InChI=1S/C18H13Cl2N3O3S3/c19-12-8-15(16(9-13(12)20)23-29(26)18-2-1-5-27-18)22-28(25)11-3-4-14-10(6-11)7-17(24)21-14/h1-6,8-9,22-23H,7H2,(H,21,24). The first-order valence-corrected chi connectivity index (χ1v) is 12.2. The van der Waals surface area contributed by atoms with E-state index in [1.165, 1.54) is 23.5 Å². The normalized spacial score (nSPS) is 14.8. The lowest BCUT2D eigenvalue weighted by molar-refractivity contribution is -0.115. The molecule has 0 bridgehead atoms. The van der Waals surface area contributed by atoms with Gasteiger partial charge in [0.2, 0.25) is 10.1 Å². The molecule has 0 radical (unpaired) electrons. The summed E-state index contributed by atoms with van der Waals surface area (Å²) in [6.07, 6.45) is 0.250. The van der Waals surface area contributed by atoms with E-state index >= 15 is 0 Å². The van der Waals surface area contributed by atoms with Gasteiger partial charge >= 0.3 is 0 Å². The fraction of sp³-hybridized carbons (Fsp3) is 0.0556. The van der Waals surface area contributed by atoms with Gasteiger partial charge in [0.05, 0.1) is 16.5 Å². The molecular weight excluding hydrogens is 473 g/mol. The maximum Gasteiger partial charge on any atom is 0.233 e. The number of carbonyl (C=O) groups is 1. The first kappa shape index (κ1) is 20.7. The van der Waals surface area contributed by atoms with Crippen LogP contribution >= 0.6 is 34.5 Å². The van der Waals surface area contributed by atoms with Gasteiger partial charge in [0.15, 0.2) is 4.90 Å². The van der Waals surface area contributed by atoms with Gasteiger partial charge in [-0.15, -0.1) is 0 Å². The van der Waals surface area contributed by atoms with Gasteiger partial charge in [-0.3, -0.25) is 4.79 Å². The van der Waals surface area contributed by atoms with Crippen molar-refractivity contribution in [2.45, 2.75) is 15.5 Å². The minimum Gasteiger partial charge on any atom is -0.588 e. The minimum absolute atomic E-state index is 0.0945. The van der Waals surface area contributed by atoms with Crippen LogP contribution in [-0.4, -0.2) is 15.0 Å². The Kier molecular flexibility index (Phi) is 6.16. The second kappa shape index (κ2) is 8.65. The molecule has 3 N–H and O–H groups in total. The fourth-order valence-corrected chi connectivity index (χ4v) is 5.73. The number of thiophene rings is 1. The van der Waals surface area contributed by atoms with E-state index in [1.54, 1.807) is 30.3 Å². The predicted molar refractivity (Wildman–Crippen MR) is 120 cm³/mol. The zero-order chi connectivity index (χ0) is 20.5. The van der Waals surface area contributed by atoms with E-state index in [4.69, 9.17) is 23.2 Å². The molecule has 11 heteroatoms. The summed E-state index contributed by atoms with van der Waals surface area (Å²) in [4.78, 5) is 12.0. The Labute approximate surface area is 187 Å². The van der Waals surface area contributed by atoms with E-state index in [9.17, 15) is 13.9 Å². The van der Waals surface area contributed by atoms with Crippen LogP contribution in [0.1, 0.15) is 5.56 Å². The van der Waals surface area contributed by atoms with Crippen LogP contribution in [0.3, 0.4) is 0 Å². The van der Waals surface area contributed by atoms with Crippen molar-refractivity contribution in [3.63, 3.8) is 0 Å². The first-order valence-electron chi connectivity index (χ1n) is 8.23. The Bertz CT molecular complexity index is 1070. The quantitative estimate of drug-likeness (QED) is 0.434. The maximum absolute atomic E-state index is 12.9. The number of hydrogen-bond acceptors (Lipinski definition) is 6. The average molecular weight is 486 g/mol. The molecule has 0 saturated carbocycles. The third-order valence-corrected chi connectivity index (χ3v) is 8.18. The maximum atomic E-state index is 12.9. The topological polar surface area (TPSA) is 99.3 Å². The number of anilines is 3. The molecule has 1 aliphatic rings. The first-order chi connectivity index (χ1) is 13.9. The van der Waals surface area contributed by atoms with Crippen molar-refractivity contribution in [2.24, 2.45) is 0 Å². The zero-order valence-electron chi connectivity index (χ0n) is 14.5. The van der Waals surface area contributed by atoms with Gasteiger partial charge in [-0.1, -0.05) is 34.5 Å². The summed E-state index contributed by atoms with van der Waals surface area (Å²) in [6, 6.07) is 11.7. The van der Waals surface area contributed by atoms with E-state index in [2.05, 4.69) is 14.8 Å². The zero-order valence-corrected chi connectivity index (χ0v) is 18.5. The number of benzene rings is 2. The molecule has 1 amide bonds. The summed E-state index contributed by atoms with van der Waals surface area (Å²) in [6.45, 7) is 0. The van der Waals surface area contributed by atoms with E-state index in [1.807, 2.05) is 5.38 Å². The van der Waals surface area contributed by atoms with Gasteiger partial charge in [-0.25, -0.2) is 9.44 Å². The summed E-state index contributed by atoms with van der Waals surface area (Å²) >= 11 is 10.4. The van der Waals surface area contributed by atoms with Crippen molar-refractivity contribution in [3.8, 4) is 0 Å². The molecular formula is C18H13Cl2N3O3S3. The number of nitrogens with one attached hydrogen (secondary N) is 3. The molecule has 4 rings (SSSR count). The van der Waals surface area contributed by atoms with Crippen molar-refractivity contribution in [3.05, 3.63) is 63.5 Å². The third-order valence-electron chi connectivity index (χ3n) is 4.06. The molecule has 3 aromatic rings. The Morgan fingerprint density at radius 2 is 1.69 bits per heavy atom. The highest BCUT2D eigenvalue weighted by Gasteiger charge is 2.24. The Morgan fingerprint density at radius 3 is 2.34 bits per heavy atom. The molecule has 150 valence electrons. The molecule has 6 nitrogen and oxygen atoms in total. The number of halogens is 2. The van der Waals surface area contributed by atoms with Crippen LogP contribution in [-0.2, 0) is 33.9 Å². The van der Waals surface area contributed by atoms with Crippen molar-refractivity contribution < 1.29 is 13.9 Å². The number of carbonyl (C=O) groups excluding carboxylic acids is 1. The summed E-state index contributed by atoms with van der Waals surface area (Å²) in [5.41, 5.74) is 2.29. The van der Waals surface area contributed by atoms with Gasteiger partial charge in [-0.05, 0) is 41.3 Å². The van der Waals surface area contributed by atoms with Crippen LogP contribution in [0.25, 0.3) is 0 Å². The molecule has 0 fully saturated rings. The molecule has 2 heterocycles. The van der Waals surface area contributed by atoms with Gasteiger partial charge in [0.25, 0.3) is 0 Å². The summed E-state index contributed by atoms with van der Waals surface area (Å²) in [5.74, 6) is -0.0945. The van der Waals surface area contributed by atoms with E-state index in [0.717, 1.165) is 11.3 Å². The average Bonchev–Trinajstić information content (AvgIpc) is 3.33. The van der Waals surface area contributed by atoms with E-state index in [-0.39, 0.29) is 22.4 Å². The third kappa shape index (κ3) is 4.61. The summed E-state index contributed by atoms with van der Waals surface area (Å²) in [7, 11) is 0. The monoisotopic (exact) mass is 485 g/mol. The van der Waals surface area contributed by atoms with Crippen LogP contribution < -0.4 is 14.8 Å². The van der Waals surface area contributed by atoms with Gasteiger partial charge < -0.3 is 14.4 Å². The largest absolute Gasteiger partial charge is 0.588 e. The fourth-order valence-electron chi connectivity index (χ4n) is 2.71. The number of fused-ring (bicyclic) bond motifs is 1. The van der Waals surface area contributed by atoms with Crippen LogP contribution in [0.5, 0.6) is 0 Å². The molecule has 0 saturated heterocycles. The molecule has 0 aliphatic carbocycles. The number of hydrogen-bond donors (Lipinski definition) is 3. The second-order valence-electron chi connectivity index (χ2n) is 6.03. The van der Waals surface area contributed by atoms with Crippen molar-refractivity contribution in [1.82, 2.24) is 0 Å². The minimum atomic E-state index is -1.64. The molecule has 29 heavy (non-hydrogen) atoms. The Hall–Kier alpha value is -1.59.